The number of piperazine rings is 1. The average molecular weight is 315 g/mol. The van der Waals surface area contributed by atoms with E-state index >= 15 is 0 Å². The Labute approximate surface area is 114 Å². The lowest BCUT2D eigenvalue weighted by Crippen LogP contribution is -2.44. The van der Waals surface area contributed by atoms with Crippen molar-refractivity contribution in [3.63, 3.8) is 0 Å². The monoisotopic (exact) mass is 314 g/mol. The number of nitrogens with one attached hydrogen (secondary N) is 1. The van der Waals surface area contributed by atoms with E-state index in [0.29, 0.717) is 10.0 Å². The van der Waals surface area contributed by atoms with E-state index in [1.165, 1.54) is 12.1 Å². The number of nitrogens with zero attached hydrogens (tertiary/aromatic N) is 1. The Kier molecular flexibility index (Phi) is 4.37. The molecule has 5 heteroatoms. The van der Waals surface area contributed by atoms with Gasteiger partial charge in [0, 0.05) is 31.7 Å². The molecule has 0 radical (unpaired) electrons. The molecular weight excluding hydrogens is 299 g/mol. The molecule has 0 saturated carbocycles. The highest BCUT2D eigenvalue weighted by Gasteiger charge is 2.23. The Morgan fingerprint density at radius 3 is 2.72 bits per heavy atom. The van der Waals surface area contributed by atoms with Crippen LogP contribution >= 0.6 is 15.9 Å². The van der Waals surface area contributed by atoms with Gasteiger partial charge in [0.1, 0.15) is 11.6 Å². The zero-order valence-corrected chi connectivity index (χ0v) is 11.6. The van der Waals surface area contributed by atoms with Gasteiger partial charge >= 0.3 is 0 Å². The van der Waals surface area contributed by atoms with Gasteiger partial charge in [-0.25, -0.2) is 4.39 Å². The van der Waals surface area contributed by atoms with Crippen LogP contribution in [0.1, 0.15) is 11.6 Å². The summed E-state index contributed by atoms with van der Waals surface area (Å²) in [5.41, 5.74) is 0.554. The SMILES string of the molecule is C=C[C@H](c1cc(F)cc(Br)c1O)N1CCNCC1. The molecule has 1 saturated heterocycles. The second kappa shape index (κ2) is 5.82. The van der Waals surface area contributed by atoms with Crippen LogP contribution in [0.4, 0.5) is 4.39 Å². The zero-order chi connectivity index (χ0) is 13.1. The fraction of sp³-hybridized carbons (Fsp3) is 0.385. The van der Waals surface area contributed by atoms with Gasteiger partial charge in [-0.3, -0.25) is 4.90 Å². The molecule has 1 aliphatic heterocycles. The molecule has 2 rings (SSSR count). The highest BCUT2D eigenvalue weighted by atomic mass is 79.9. The standard InChI is InChI=1S/C13H16BrFN2O/c1-2-12(17-5-3-16-4-6-17)10-7-9(15)8-11(14)13(10)18/h2,7-8,12,16,18H,1,3-6H2/t12-/m1/s1. The smallest absolute Gasteiger partial charge is 0.135 e. The first-order chi connectivity index (χ1) is 8.63. The van der Waals surface area contributed by atoms with Crippen LogP contribution in [0.2, 0.25) is 0 Å². The Hall–Kier alpha value is -0.910. The second-order valence-electron chi connectivity index (χ2n) is 4.29. The van der Waals surface area contributed by atoms with E-state index in [1.807, 2.05) is 0 Å². The molecule has 1 aromatic rings. The van der Waals surface area contributed by atoms with E-state index in [0.717, 1.165) is 26.2 Å². The molecule has 18 heavy (non-hydrogen) atoms. The molecular formula is C13H16BrFN2O. The normalized spacial score (nSPS) is 18.6. The summed E-state index contributed by atoms with van der Waals surface area (Å²) in [6.07, 6.45) is 1.74. The van der Waals surface area contributed by atoms with Crippen LogP contribution in [0.3, 0.4) is 0 Å². The maximum Gasteiger partial charge on any atom is 0.135 e. The maximum absolute atomic E-state index is 13.5. The van der Waals surface area contributed by atoms with Crippen molar-refractivity contribution < 1.29 is 9.50 Å². The summed E-state index contributed by atoms with van der Waals surface area (Å²) in [5.74, 6) is -0.281. The van der Waals surface area contributed by atoms with Gasteiger partial charge in [-0.1, -0.05) is 6.08 Å². The van der Waals surface area contributed by atoms with Crippen molar-refractivity contribution in [3.05, 3.63) is 40.6 Å². The number of rotatable bonds is 3. The van der Waals surface area contributed by atoms with Crippen LogP contribution in [0.25, 0.3) is 0 Å². The highest BCUT2D eigenvalue weighted by Crippen LogP contribution is 2.36. The molecule has 0 bridgehead atoms. The quantitative estimate of drug-likeness (QED) is 0.841. The molecule has 0 spiro atoms. The lowest BCUT2D eigenvalue weighted by molar-refractivity contribution is 0.200. The number of hydrogen-bond acceptors (Lipinski definition) is 3. The van der Waals surface area contributed by atoms with Gasteiger partial charge in [0.2, 0.25) is 0 Å². The van der Waals surface area contributed by atoms with Gasteiger partial charge in [-0.05, 0) is 28.1 Å². The van der Waals surface area contributed by atoms with Gasteiger partial charge in [0.25, 0.3) is 0 Å². The first-order valence-electron chi connectivity index (χ1n) is 5.88. The van der Waals surface area contributed by atoms with E-state index in [1.54, 1.807) is 6.08 Å². The number of halogens is 2. The molecule has 3 nitrogen and oxygen atoms in total. The summed E-state index contributed by atoms with van der Waals surface area (Å²) >= 11 is 3.16. The Balaban J connectivity index is 2.34. The molecule has 2 N–H and O–H groups in total. The highest BCUT2D eigenvalue weighted by molar-refractivity contribution is 9.10. The molecule has 0 aliphatic carbocycles. The molecule has 1 heterocycles. The van der Waals surface area contributed by atoms with E-state index in [-0.39, 0.29) is 17.6 Å². The zero-order valence-electron chi connectivity index (χ0n) is 10.00. The summed E-state index contributed by atoms with van der Waals surface area (Å²) in [6, 6.07) is 2.46. The van der Waals surface area contributed by atoms with Crippen LogP contribution in [0, 0.1) is 5.82 Å². The van der Waals surface area contributed by atoms with Crippen molar-refractivity contribution in [1.29, 1.82) is 0 Å². The molecule has 1 atom stereocenters. The van der Waals surface area contributed by atoms with Crippen molar-refractivity contribution in [2.45, 2.75) is 6.04 Å². The van der Waals surface area contributed by atoms with Gasteiger partial charge < -0.3 is 10.4 Å². The van der Waals surface area contributed by atoms with Crippen LogP contribution < -0.4 is 5.32 Å². The van der Waals surface area contributed by atoms with Crippen LogP contribution in [0.15, 0.2) is 29.3 Å². The van der Waals surface area contributed by atoms with E-state index in [9.17, 15) is 9.50 Å². The maximum atomic E-state index is 13.5. The molecule has 1 aromatic carbocycles. The minimum absolute atomic E-state index is 0.0832. The largest absolute Gasteiger partial charge is 0.506 e. The topological polar surface area (TPSA) is 35.5 Å². The van der Waals surface area contributed by atoms with E-state index in [4.69, 9.17) is 0 Å². The van der Waals surface area contributed by atoms with Gasteiger partial charge in [0.15, 0.2) is 0 Å². The van der Waals surface area contributed by atoms with Crippen molar-refractivity contribution >= 4 is 15.9 Å². The summed E-state index contributed by atoms with van der Waals surface area (Å²) in [4.78, 5) is 2.17. The molecule has 0 amide bonds. The fourth-order valence-electron chi connectivity index (χ4n) is 2.24. The second-order valence-corrected chi connectivity index (χ2v) is 5.15. The average Bonchev–Trinajstić information content (AvgIpc) is 2.37. The van der Waals surface area contributed by atoms with Crippen LogP contribution in [-0.4, -0.2) is 36.2 Å². The number of hydrogen-bond donors (Lipinski definition) is 2. The Bertz CT molecular complexity index is 447. The summed E-state index contributed by atoms with van der Waals surface area (Å²) in [5, 5.41) is 13.3. The lowest BCUT2D eigenvalue weighted by Gasteiger charge is -2.33. The summed E-state index contributed by atoms with van der Waals surface area (Å²) in [6.45, 7) is 7.29. The Morgan fingerprint density at radius 2 is 2.11 bits per heavy atom. The van der Waals surface area contributed by atoms with E-state index in [2.05, 4.69) is 32.7 Å². The third-order valence-electron chi connectivity index (χ3n) is 3.14. The molecule has 1 aliphatic rings. The molecule has 1 fully saturated rings. The summed E-state index contributed by atoms with van der Waals surface area (Å²) in [7, 11) is 0. The van der Waals surface area contributed by atoms with E-state index < -0.39 is 0 Å². The first-order valence-corrected chi connectivity index (χ1v) is 6.68. The molecule has 0 unspecified atom stereocenters. The van der Waals surface area contributed by atoms with Gasteiger partial charge in [0.05, 0.1) is 10.5 Å². The van der Waals surface area contributed by atoms with Crippen LogP contribution in [-0.2, 0) is 0 Å². The minimum Gasteiger partial charge on any atom is -0.506 e. The summed E-state index contributed by atoms with van der Waals surface area (Å²) < 4.78 is 13.8. The predicted octanol–water partition coefficient (Wildman–Crippen LogP) is 2.43. The van der Waals surface area contributed by atoms with Gasteiger partial charge in [-0.15, -0.1) is 6.58 Å². The Morgan fingerprint density at radius 1 is 1.44 bits per heavy atom. The first kappa shape index (κ1) is 13.5. The third kappa shape index (κ3) is 2.74. The predicted molar refractivity (Wildman–Crippen MR) is 73.1 cm³/mol. The number of phenols is 1. The molecule has 98 valence electrons. The molecule has 0 aromatic heterocycles. The van der Waals surface area contributed by atoms with Crippen molar-refractivity contribution in [2.75, 3.05) is 26.2 Å². The number of aromatic hydroxyl groups is 1. The van der Waals surface area contributed by atoms with Crippen molar-refractivity contribution in [3.8, 4) is 5.75 Å². The number of phenolic OH excluding ortho intramolecular Hbond substituents is 1. The van der Waals surface area contributed by atoms with Gasteiger partial charge in [-0.2, -0.15) is 0 Å². The third-order valence-corrected chi connectivity index (χ3v) is 3.75. The lowest BCUT2D eigenvalue weighted by atomic mass is 10.0. The van der Waals surface area contributed by atoms with Crippen molar-refractivity contribution in [1.82, 2.24) is 10.2 Å². The number of benzene rings is 1. The van der Waals surface area contributed by atoms with Crippen LogP contribution in [0.5, 0.6) is 5.75 Å². The fourth-order valence-corrected chi connectivity index (χ4v) is 2.69. The van der Waals surface area contributed by atoms with Crippen molar-refractivity contribution in [2.24, 2.45) is 0 Å². The minimum atomic E-state index is -0.364.